The number of anilines is 6. The van der Waals surface area contributed by atoms with Gasteiger partial charge >= 0.3 is 0 Å². The van der Waals surface area contributed by atoms with Crippen molar-refractivity contribution in [2.24, 2.45) is 0 Å². The van der Waals surface area contributed by atoms with Crippen LogP contribution >= 0.6 is 0 Å². The number of benzene rings is 10. The average Bonchev–Trinajstić information content (AvgIpc) is 3.36. The highest BCUT2D eigenvalue weighted by Gasteiger charge is 2.17. The van der Waals surface area contributed by atoms with Crippen LogP contribution < -0.4 is 9.80 Å². The van der Waals surface area contributed by atoms with E-state index in [4.69, 9.17) is 0 Å². The summed E-state index contributed by atoms with van der Waals surface area (Å²) < 4.78 is 0. The number of hydrogen-bond donors (Lipinski definition) is 0. The van der Waals surface area contributed by atoms with Crippen LogP contribution in [0.4, 0.5) is 34.1 Å². The summed E-state index contributed by atoms with van der Waals surface area (Å²) >= 11 is 0. The number of rotatable bonds is 11. The second-order valence-electron chi connectivity index (χ2n) is 15.4. The summed E-state index contributed by atoms with van der Waals surface area (Å²) in [6.07, 6.45) is 0. The fraction of sp³-hybridized carbons (Fsp3) is 0. The first kappa shape index (κ1) is 38.0. The van der Waals surface area contributed by atoms with Crippen LogP contribution in [0.1, 0.15) is 0 Å². The first-order valence-electron chi connectivity index (χ1n) is 21.2. The fourth-order valence-electron chi connectivity index (χ4n) is 8.33. The monoisotopic (exact) mass is 792 g/mol. The van der Waals surface area contributed by atoms with Crippen molar-refractivity contribution in [3.63, 3.8) is 0 Å². The highest BCUT2D eigenvalue weighted by Crippen LogP contribution is 2.42. The van der Waals surface area contributed by atoms with Crippen molar-refractivity contribution in [1.82, 2.24) is 0 Å². The van der Waals surface area contributed by atoms with Crippen LogP contribution in [0, 0.1) is 0 Å². The smallest absolute Gasteiger partial charge is 0.0540 e. The summed E-state index contributed by atoms with van der Waals surface area (Å²) in [5.74, 6) is 0. The fourth-order valence-corrected chi connectivity index (χ4v) is 8.33. The van der Waals surface area contributed by atoms with Gasteiger partial charge in [-0.3, -0.25) is 0 Å². The maximum atomic E-state index is 2.35. The van der Waals surface area contributed by atoms with Gasteiger partial charge in [-0.2, -0.15) is 0 Å². The number of para-hydroxylation sites is 3. The Balaban J connectivity index is 0.870. The molecule has 0 atom stereocenters. The van der Waals surface area contributed by atoms with Crippen LogP contribution in [-0.2, 0) is 0 Å². The van der Waals surface area contributed by atoms with Crippen molar-refractivity contribution >= 4 is 34.1 Å². The van der Waals surface area contributed by atoms with Gasteiger partial charge in [0.25, 0.3) is 0 Å². The van der Waals surface area contributed by atoms with Crippen LogP contribution in [-0.4, -0.2) is 0 Å². The maximum absolute atomic E-state index is 2.35. The van der Waals surface area contributed by atoms with Gasteiger partial charge in [-0.25, -0.2) is 0 Å². The summed E-state index contributed by atoms with van der Waals surface area (Å²) in [6, 6.07) is 95.4. The quantitative estimate of drug-likeness (QED) is 0.129. The molecule has 2 nitrogen and oxygen atoms in total. The van der Waals surface area contributed by atoms with Crippen molar-refractivity contribution in [3.05, 3.63) is 267 Å². The highest BCUT2D eigenvalue weighted by molar-refractivity contribution is 5.89. The molecule has 0 saturated carbocycles. The molecule has 0 saturated heterocycles. The van der Waals surface area contributed by atoms with Gasteiger partial charge < -0.3 is 9.80 Å². The molecule has 0 aromatic heterocycles. The first-order valence-corrected chi connectivity index (χ1v) is 21.2. The van der Waals surface area contributed by atoms with E-state index in [1.807, 2.05) is 0 Å². The predicted octanol–water partition coefficient (Wildman–Crippen LogP) is 17.0. The van der Waals surface area contributed by atoms with Crippen LogP contribution in [0.25, 0.3) is 55.6 Å². The zero-order valence-electron chi connectivity index (χ0n) is 34.3. The van der Waals surface area contributed by atoms with E-state index in [9.17, 15) is 0 Å². The minimum absolute atomic E-state index is 1.11. The van der Waals surface area contributed by atoms with Crippen LogP contribution in [0.5, 0.6) is 0 Å². The Morgan fingerprint density at radius 2 is 0.484 bits per heavy atom. The van der Waals surface area contributed by atoms with E-state index >= 15 is 0 Å². The van der Waals surface area contributed by atoms with Crippen LogP contribution in [0.3, 0.4) is 0 Å². The Bertz CT molecular complexity index is 3000. The molecular weight excluding hydrogens is 749 g/mol. The maximum Gasteiger partial charge on any atom is 0.0540 e. The number of hydrogen-bond acceptors (Lipinski definition) is 2. The molecule has 0 aliphatic rings. The molecule has 0 fully saturated rings. The molecule has 0 unspecified atom stereocenters. The SMILES string of the molecule is c1ccc(-c2cccc(N(c3ccccc3)c3ccc(-c4ccc(-c5ccc(-c6ccc(N(c7ccccc7)c7ccccc7-c7ccccc7)cc6)cc5)cc4)cc3)c2)cc1. The second kappa shape index (κ2) is 17.6. The Labute approximate surface area is 364 Å². The van der Waals surface area contributed by atoms with Gasteiger partial charge in [-0.15, -0.1) is 0 Å². The predicted molar refractivity (Wildman–Crippen MR) is 263 cm³/mol. The summed E-state index contributed by atoms with van der Waals surface area (Å²) in [6.45, 7) is 0. The molecule has 2 heteroatoms. The third kappa shape index (κ3) is 8.06. The third-order valence-corrected chi connectivity index (χ3v) is 11.5. The lowest BCUT2D eigenvalue weighted by Crippen LogP contribution is -2.11. The summed E-state index contributed by atoms with van der Waals surface area (Å²) in [7, 11) is 0. The van der Waals surface area contributed by atoms with E-state index in [0.29, 0.717) is 0 Å². The normalized spacial score (nSPS) is 10.9. The zero-order chi connectivity index (χ0) is 41.5. The Morgan fingerprint density at radius 1 is 0.177 bits per heavy atom. The molecule has 10 rings (SSSR count). The molecular formula is C60H44N2. The molecule has 0 bridgehead atoms. The molecule has 10 aromatic carbocycles. The van der Waals surface area contributed by atoms with Gasteiger partial charge in [0.15, 0.2) is 0 Å². The minimum Gasteiger partial charge on any atom is -0.310 e. The van der Waals surface area contributed by atoms with E-state index in [1.54, 1.807) is 0 Å². The molecule has 62 heavy (non-hydrogen) atoms. The average molecular weight is 793 g/mol. The van der Waals surface area contributed by atoms with Gasteiger partial charge in [0.2, 0.25) is 0 Å². The van der Waals surface area contributed by atoms with Crippen molar-refractivity contribution in [1.29, 1.82) is 0 Å². The molecule has 10 aromatic rings. The molecule has 0 radical (unpaired) electrons. The van der Waals surface area contributed by atoms with Crippen LogP contribution in [0.2, 0.25) is 0 Å². The van der Waals surface area contributed by atoms with E-state index in [2.05, 4.69) is 277 Å². The molecule has 0 spiro atoms. The van der Waals surface area contributed by atoms with Gasteiger partial charge in [-0.1, -0.05) is 200 Å². The first-order chi connectivity index (χ1) is 30.7. The molecule has 0 amide bonds. The third-order valence-electron chi connectivity index (χ3n) is 11.5. The Morgan fingerprint density at radius 3 is 0.968 bits per heavy atom. The topological polar surface area (TPSA) is 6.48 Å². The Kier molecular flexibility index (Phi) is 10.8. The molecule has 0 aliphatic carbocycles. The molecule has 294 valence electrons. The summed E-state index contributed by atoms with van der Waals surface area (Å²) in [4.78, 5) is 4.67. The summed E-state index contributed by atoms with van der Waals surface area (Å²) in [5.41, 5.74) is 18.6. The summed E-state index contributed by atoms with van der Waals surface area (Å²) in [5, 5.41) is 0. The van der Waals surface area contributed by atoms with Crippen molar-refractivity contribution in [2.45, 2.75) is 0 Å². The standard InChI is InChI=1S/C60H44N2/c1-5-16-45(17-6-1)53-20-15-25-58(44-53)61(54-21-9-3-10-22-54)56-40-36-50(37-41-56)48-32-28-46(29-33-48)47-30-34-49(35-31-47)51-38-42-57(43-39-51)62(55-23-11-4-12-24-55)60-27-14-13-26-59(60)52-18-7-2-8-19-52/h1-44H. The lowest BCUT2D eigenvalue weighted by Gasteiger charge is -2.28. The van der Waals surface area contributed by atoms with E-state index in [-0.39, 0.29) is 0 Å². The van der Waals surface area contributed by atoms with Crippen LogP contribution in [0.15, 0.2) is 267 Å². The highest BCUT2D eigenvalue weighted by atomic mass is 15.1. The zero-order valence-corrected chi connectivity index (χ0v) is 34.3. The van der Waals surface area contributed by atoms with E-state index in [1.165, 1.54) is 55.6 Å². The van der Waals surface area contributed by atoms with E-state index < -0.39 is 0 Å². The van der Waals surface area contributed by atoms with Gasteiger partial charge in [0.05, 0.1) is 5.69 Å². The Hall–Kier alpha value is -8.20. The molecule has 0 heterocycles. The van der Waals surface area contributed by atoms with E-state index in [0.717, 1.165) is 34.1 Å². The van der Waals surface area contributed by atoms with Gasteiger partial charge in [0, 0.05) is 34.0 Å². The van der Waals surface area contributed by atoms with Crippen molar-refractivity contribution in [3.8, 4) is 55.6 Å². The second-order valence-corrected chi connectivity index (χ2v) is 15.4. The molecule has 0 N–H and O–H groups in total. The van der Waals surface area contributed by atoms with Crippen molar-refractivity contribution < 1.29 is 0 Å². The number of nitrogens with zero attached hydrogens (tertiary/aromatic N) is 2. The molecule has 0 aliphatic heterocycles. The largest absolute Gasteiger partial charge is 0.310 e. The minimum atomic E-state index is 1.11. The lowest BCUT2D eigenvalue weighted by molar-refractivity contribution is 1.28. The lowest BCUT2D eigenvalue weighted by atomic mass is 9.97. The van der Waals surface area contributed by atoms with Gasteiger partial charge in [0.1, 0.15) is 0 Å². The van der Waals surface area contributed by atoms with Gasteiger partial charge in [-0.05, 0) is 117 Å². The van der Waals surface area contributed by atoms with Crippen molar-refractivity contribution in [2.75, 3.05) is 9.80 Å².